The molecule has 0 unspecified atom stereocenters. The second-order valence-electron chi connectivity index (χ2n) is 9.11. The number of nitrogens with zero attached hydrogens (tertiary/aromatic N) is 1. The standard InChI is InChI=1S/C30H28N2O4S/c1-22-16-18-25(19-17-22)29(24-12-6-3-7-13-24)31-30(33)28-20-32(26-14-8-9-15-27(26)36-28)37(34,35)21-23-10-4-2-5-11-23/h2-19,28-29H,20-21H2,1H3,(H,31,33)/t28-,29+/m0/s1. The van der Waals surface area contributed by atoms with E-state index in [0.29, 0.717) is 17.0 Å². The summed E-state index contributed by atoms with van der Waals surface area (Å²) in [6.07, 6.45) is -1.02. The second-order valence-corrected chi connectivity index (χ2v) is 11.0. The number of rotatable bonds is 7. The number of aryl methyl sites for hydroxylation is 1. The minimum Gasteiger partial charge on any atom is -0.476 e. The van der Waals surface area contributed by atoms with Gasteiger partial charge in [0.15, 0.2) is 6.10 Å². The minimum absolute atomic E-state index is 0.118. The first kappa shape index (κ1) is 24.6. The maximum absolute atomic E-state index is 13.6. The van der Waals surface area contributed by atoms with E-state index in [1.54, 1.807) is 36.4 Å². The van der Waals surface area contributed by atoms with Gasteiger partial charge in [0, 0.05) is 0 Å². The molecule has 1 amide bonds. The molecule has 0 spiro atoms. The van der Waals surface area contributed by atoms with Crippen molar-refractivity contribution in [1.29, 1.82) is 0 Å². The second kappa shape index (κ2) is 10.5. The highest BCUT2D eigenvalue weighted by molar-refractivity contribution is 7.92. The zero-order valence-corrected chi connectivity index (χ0v) is 21.3. The molecular formula is C30H28N2O4S. The fourth-order valence-electron chi connectivity index (χ4n) is 4.46. The molecule has 188 valence electrons. The number of hydrogen-bond acceptors (Lipinski definition) is 4. The van der Waals surface area contributed by atoms with Gasteiger partial charge in [-0.15, -0.1) is 0 Å². The Balaban J connectivity index is 1.44. The summed E-state index contributed by atoms with van der Waals surface area (Å²) in [5.41, 5.74) is 4.07. The van der Waals surface area contributed by atoms with Crippen molar-refractivity contribution in [3.63, 3.8) is 0 Å². The molecule has 1 heterocycles. The predicted octanol–water partition coefficient (Wildman–Crippen LogP) is 5.00. The van der Waals surface area contributed by atoms with Crippen LogP contribution >= 0.6 is 0 Å². The van der Waals surface area contributed by atoms with Crippen LogP contribution < -0.4 is 14.4 Å². The Kier molecular flexibility index (Phi) is 6.97. The summed E-state index contributed by atoms with van der Waals surface area (Å²) in [6.45, 7) is 1.89. The number of hydrogen-bond donors (Lipinski definition) is 1. The first-order chi connectivity index (χ1) is 17.9. The zero-order valence-electron chi connectivity index (χ0n) is 20.4. The topological polar surface area (TPSA) is 75.7 Å². The molecule has 1 aliphatic rings. The van der Waals surface area contributed by atoms with Gasteiger partial charge in [0.1, 0.15) is 5.75 Å². The monoisotopic (exact) mass is 512 g/mol. The van der Waals surface area contributed by atoms with Crippen LogP contribution in [0.5, 0.6) is 5.75 Å². The molecule has 0 radical (unpaired) electrons. The normalized spacial score (nSPS) is 15.8. The summed E-state index contributed by atoms with van der Waals surface area (Å²) in [5.74, 6) is -0.201. The molecule has 4 aromatic carbocycles. The predicted molar refractivity (Wildman–Crippen MR) is 145 cm³/mol. The van der Waals surface area contributed by atoms with Crippen LogP contribution in [-0.2, 0) is 20.6 Å². The lowest BCUT2D eigenvalue weighted by molar-refractivity contribution is -0.128. The highest BCUT2D eigenvalue weighted by atomic mass is 32.2. The number of carbonyl (C=O) groups is 1. The van der Waals surface area contributed by atoms with E-state index in [1.807, 2.05) is 79.7 Å². The smallest absolute Gasteiger partial charge is 0.263 e. The van der Waals surface area contributed by atoms with Crippen molar-refractivity contribution in [3.8, 4) is 5.75 Å². The largest absolute Gasteiger partial charge is 0.476 e. The fourth-order valence-corrected chi connectivity index (χ4v) is 6.05. The molecule has 0 saturated carbocycles. The van der Waals surface area contributed by atoms with Crippen molar-refractivity contribution in [2.45, 2.75) is 24.8 Å². The third kappa shape index (κ3) is 5.52. The summed E-state index contributed by atoms with van der Waals surface area (Å²) < 4.78 is 34.4. The molecule has 0 bridgehead atoms. The van der Waals surface area contributed by atoms with Gasteiger partial charge in [-0.05, 0) is 35.7 Å². The number of benzene rings is 4. The molecule has 2 atom stereocenters. The number of anilines is 1. The third-order valence-corrected chi connectivity index (χ3v) is 8.10. The Morgan fingerprint density at radius 3 is 2.16 bits per heavy atom. The van der Waals surface area contributed by atoms with E-state index in [9.17, 15) is 13.2 Å². The molecule has 0 fully saturated rings. The Morgan fingerprint density at radius 2 is 1.46 bits per heavy atom. The average molecular weight is 513 g/mol. The van der Waals surface area contributed by atoms with Gasteiger partial charge in [0.2, 0.25) is 10.0 Å². The molecule has 1 N–H and O–H groups in total. The van der Waals surface area contributed by atoms with Gasteiger partial charge in [-0.2, -0.15) is 0 Å². The van der Waals surface area contributed by atoms with Crippen molar-refractivity contribution in [1.82, 2.24) is 5.32 Å². The van der Waals surface area contributed by atoms with Crippen LogP contribution in [0.25, 0.3) is 0 Å². The first-order valence-electron chi connectivity index (χ1n) is 12.1. The Hall–Kier alpha value is -4.10. The van der Waals surface area contributed by atoms with E-state index in [-0.39, 0.29) is 18.2 Å². The lowest BCUT2D eigenvalue weighted by Crippen LogP contribution is -2.51. The molecule has 6 nitrogen and oxygen atoms in total. The number of sulfonamides is 1. The molecule has 0 saturated heterocycles. The van der Waals surface area contributed by atoms with Crippen LogP contribution in [0.2, 0.25) is 0 Å². The number of nitrogens with one attached hydrogen (secondary N) is 1. The van der Waals surface area contributed by atoms with E-state index in [1.165, 1.54) is 4.31 Å². The molecule has 0 aromatic heterocycles. The van der Waals surface area contributed by atoms with Crippen molar-refractivity contribution >= 4 is 21.6 Å². The number of fused-ring (bicyclic) bond motifs is 1. The number of carbonyl (C=O) groups excluding carboxylic acids is 1. The van der Waals surface area contributed by atoms with Crippen LogP contribution in [0.1, 0.15) is 28.3 Å². The van der Waals surface area contributed by atoms with E-state index < -0.39 is 22.2 Å². The van der Waals surface area contributed by atoms with Crippen molar-refractivity contribution in [2.75, 3.05) is 10.8 Å². The lowest BCUT2D eigenvalue weighted by Gasteiger charge is -2.35. The van der Waals surface area contributed by atoms with E-state index in [4.69, 9.17) is 4.74 Å². The summed E-state index contributed by atoms with van der Waals surface area (Å²) in [6, 6.07) is 33.2. The van der Waals surface area contributed by atoms with Crippen LogP contribution in [-0.4, -0.2) is 27.0 Å². The summed E-state index contributed by atoms with van der Waals surface area (Å²) in [7, 11) is -3.78. The highest BCUT2D eigenvalue weighted by Gasteiger charge is 2.37. The average Bonchev–Trinajstić information content (AvgIpc) is 2.92. The molecule has 0 aliphatic carbocycles. The van der Waals surface area contributed by atoms with E-state index in [0.717, 1.165) is 16.7 Å². The lowest BCUT2D eigenvalue weighted by atomic mass is 9.97. The Bertz CT molecular complexity index is 1470. The Labute approximate surface area is 217 Å². The van der Waals surface area contributed by atoms with Gasteiger partial charge < -0.3 is 10.1 Å². The van der Waals surface area contributed by atoms with Gasteiger partial charge >= 0.3 is 0 Å². The molecular weight excluding hydrogens is 484 g/mol. The van der Waals surface area contributed by atoms with Crippen LogP contribution in [0, 0.1) is 6.92 Å². The van der Waals surface area contributed by atoms with E-state index >= 15 is 0 Å². The van der Waals surface area contributed by atoms with Gasteiger partial charge in [-0.25, -0.2) is 8.42 Å². The van der Waals surface area contributed by atoms with Crippen LogP contribution in [0.3, 0.4) is 0 Å². The minimum atomic E-state index is -3.78. The molecule has 5 rings (SSSR count). The fraction of sp³-hybridized carbons (Fsp3) is 0.167. The maximum Gasteiger partial charge on any atom is 0.263 e. The third-order valence-electron chi connectivity index (χ3n) is 6.39. The first-order valence-corrected chi connectivity index (χ1v) is 13.7. The number of ether oxygens (including phenoxy) is 1. The summed E-state index contributed by atoms with van der Waals surface area (Å²) in [5, 5.41) is 3.11. The van der Waals surface area contributed by atoms with Crippen LogP contribution in [0.15, 0.2) is 109 Å². The molecule has 7 heteroatoms. The molecule has 4 aromatic rings. The van der Waals surface area contributed by atoms with Crippen molar-refractivity contribution in [3.05, 3.63) is 131 Å². The van der Waals surface area contributed by atoms with Crippen molar-refractivity contribution in [2.24, 2.45) is 0 Å². The van der Waals surface area contributed by atoms with Crippen molar-refractivity contribution < 1.29 is 17.9 Å². The zero-order chi connectivity index (χ0) is 25.8. The number of para-hydroxylation sites is 2. The van der Waals surface area contributed by atoms with Gasteiger partial charge in [-0.3, -0.25) is 9.10 Å². The van der Waals surface area contributed by atoms with Gasteiger partial charge in [0.05, 0.1) is 24.0 Å². The van der Waals surface area contributed by atoms with Crippen LogP contribution in [0.4, 0.5) is 5.69 Å². The summed E-state index contributed by atoms with van der Waals surface area (Å²) >= 11 is 0. The Morgan fingerprint density at radius 1 is 0.865 bits per heavy atom. The highest BCUT2D eigenvalue weighted by Crippen LogP contribution is 2.36. The number of amides is 1. The molecule has 1 aliphatic heterocycles. The molecule has 37 heavy (non-hydrogen) atoms. The van der Waals surface area contributed by atoms with E-state index in [2.05, 4.69) is 5.32 Å². The maximum atomic E-state index is 13.6. The quantitative estimate of drug-likeness (QED) is 0.378. The van der Waals surface area contributed by atoms with Gasteiger partial charge in [0.25, 0.3) is 5.91 Å². The SMILES string of the molecule is Cc1ccc([C@H](NC(=O)[C@@H]2CN(S(=O)(=O)Cc3ccccc3)c3ccccc3O2)c2ccccc2)cc1. The van der Waals surface area contributed by atoms with Gasteiger partial charge in [-0.1, -0.05) is 103 Å². The summed E-state index contributed by atoms with van der Waals surface area (Å²) in [4.78, 5) is 13.6.